The number of carbonyl (C=O) groups is 1. The van der Waals surface area contributed by atoms with Gasteiger partial charge >= 0.3 is 0 Å². The minimum Gasteiger partial charge on any atom is -0.352 e. The lowest BCUT2D eigenvalue weighted by Gasteiger charge is -2.08. The Bertz CT molecular complexity index is 415. The molecule has 0 spiro atoms. The number of hydrogen-bond acceptors (Lipinski definition) is 3. The van der Waals surface area contributed by atoms with Gasteiger partial charge in [-0.3, -0.25) is 4.79 Å². The van der Waals surface area contributed by atoms with E-state index in [9.17, 15) is 4.79 Å². The van der Waals surface area contributed by atoms with Crippen molar-refractivity contribution < 1.29 is 4.79 Å². The molecule has 0 aliphatic carbocycles. The average molecular weight is 292 g/mol. The van der Waals surface area contributed by atoms with Gasteiger partial charge in [-0.25, -0.2) is 0 Å². The van der Waals surface area contributed by atoms with Gasteiger partial charge in [0, 0.05) is 18.0 Å². The van der Waals surface area contributed by atoms with Crippen molar-refractivity contribution in [1.29, 1.82) is 0 Å². The number of thioether (sulfide) groups is 1. The second-order valence-electron chi connectivity index (χ2n) is 5.05. The van der Waals surface area contributed by atoms with Crippen LogP contribution in [0, 0.1) is 5.92 Å². The van der Waals surface area contributed by atoms with Crippen molar-refractivity contribution in [2.75, 3.05) is 18.8 Å². The number of carbonyl (C=O) groups excluding carboxylic acids is 1. The third kappa shape index (κ3) is 7.36. The van der Waals surface area contributed by atoms with Crippen molar-refractivity contribution >= 4 is 17.7 Å². The quantitative estimate of drug-likeness (QED) is 0.543. The smallest absolute Gasteiger partial charge is 0.230 e. The Morgan fingerprint density at radius 1 is 1.35 bits per heavy atom. The predicted octanol–water partition coefficient (Wildman–Crippen LogP) is 2.83. The van der Waals surface area contributed by atoms with Crippen LogP contribution in [0.3, 0.4) is 0 Å². The first-order valence-electron chi connectivity index (χ1n) is 6.92. The number of hydrogen-bond donors (Lipinski definition) is 2. The fraction of sp³-hybridized carbons (Fsp3) is 0.438. The second kappa shape index (κ2) is 9.61. The van der Waals surface area contributed by atoms with Crippen molar-refractivity contribution in [2.24, 2.45) is 5.92 Å². The maximum absolute atomic E-state index is 11.5. The highest BCUT2D eigenvalue weighted by Crippen LogP contribution is 2.18. The Morgan fingerprint density at radius 2 is 2.05 bits per heavy atom. The van der Waals surface area contributed by atoms with Crippen LogP contribution in [0.5, 0.6) is 0 Å². The van der Waals surface area contributed by atoms with Crippen LogP contribution in [0.4, 0.5) is 0 Å². The minimum atomic E-state index is 0.0394. The van der Waals surface area contributed by atoms with Crippen LogP contribution in [0.15, 0.2) is 41.8 Å². The molecule has 1 rings (SSSR count). The molecule has 0 bridgehead atoms. The Hall–Kier alpha value is -1.26. The Kier molecular flexibility index (Phi) is 8.07. The maximum Gasteiger partial charge on any atom is 0.230 e. The molecule has 0 heterocycles. The molecule has 20 heavy (non-hydrogen) atoms. The summed E-state index contributed by atoms with van der Waals surface area (Å²) in [5.74, 6) is 1.15. The molecule has 0 aliphatic rings. The van der Waals surface area contributed by atoms with Gasteiger partial charge in [0.1, 0.15) is 0 Å². The van der Waals surface area contributed by atoms with Crippen LogP contribution in [0.2, 0.25) is 0 Å². The molecule has 2 N–H and O–H groups in total. The Morgan fingerprint density at radius 3 is 2.65 bits per heavy atom. The van der Waals surface area contributed by atoms with E-state index < -0.39 is 0 Å². The summed E-state index contributed by atoms with van der Waals surface area (Å²) in [6, 6.07) is 8.35. The lowest BCUT2D eigenvalue weighted by Crippen LogP contribution is -2.24. The molecule has 1 amide bonds. The summed E-state index contributed by atoms with van der Waals surface area (Å²) in [4.78, 5) is 12.6. The van der Waals surface area contributed by atoms with Crippen molar-refractivity contribution in [1.82, 2.24) is 10.6 Å². The predicted molar refractivity (Wildman–Crippen MR) is 86.9 cm³/mol. The summed E-state index contributed by atoms with van der Waals surface area (Å²) in [6.07, 6.45) is 1.68. The molecule has 0 aromatic heterocycles. The topological polar surface area (TPSA) is 41.1 Å². The van der Waals surface area contributed by atoms with Gasteiger partial charge in [-0.2, -0.15) is 0 Å². The standard InChI is InChI=1S/C16H24N2OS/c1-4-9-18-16(19)12-20-15-7-5-14(6-8-15)11-17-10-13(2)3/h4-8,13,17H,1,9-12H2,2-3H3,(H,18,19). The monoisotopic (exact) mass is 292 g/mol. The first-order chi connectivity index (χ1) is 9.61. The van der Waals surface area contributed by atoms with Crippen molar-refractivity contribution in [2.45, 2.75) is 25.3 Å². The van der Waals surface area contributed by atoms with Crippen LogP contribution in [0.25, 0.3) is 0 Å². The summed E-state index contributed by atoms with van der Waals surface area (Å²) in [6.45, 7) is 10.4. The lowest BCUT2D eigenvalue weighted by molar-refractivity contribution is -0.118. The molecule has 0 radical (unpaired) electrons. The summed E-state index contributed by atoms with van der Waals surface area (Å²) in [5, 5.41) is 6.18. The van der Waals surface area contributed by atoms with Gasteiger partial charge in [0.25, 0.3) is 0 Å². The van der Waals surface area contributed by atoms with Crippen LogP contribution < -0.4 is 10.6 Å². The van der Waals surface area contributed by atoms with E-state index in [2.05, 4.69) is 55.3 Å². The third-order valence-corrected chi connectivity index (χ3v) is 3.63. The van der Waals surface area contributed by atoms with E-state index in [1.54, 1.807) is 17.8 Å². The highest BCUT2D eigenvalue weighted by molar-refractivity contribution is 8.00. The molecule has 0 fully saturated rings. The number of nitrogens with one attached hydrogen (secondary N) is 2. The molecule has 0 unspecified atom stereocenters. The highest BCUT2D eigenvalue weighted by Gasteiger charge is 2.02. The normalized spacial score (nSPS) is 10.6. The van der Waals surface area contributed by atoms with Crippen molar-refractivity contribution in [3.8, 4) is 0 Å². The molecule has 1 aromatic rings. The van der Waals surface area contributed by atoms with Crippen LogP contribution in [-0.4, -0.2) is 24.7 Å². The zero-order chi connectivity index (χ0) is 14.8. The molecule has 110 valence electrons. The average Bonchev–Trinajstić information content (AvgIpc) is 2.44. The van der Waals surface area contributed by atoms with E-state index in [1.807, 2.05) is 0 Å². The van der Waals surface area contributed by atoms with E-state index >= 15 is 0 Å². The molecule has 0 saturated carbocycles. The molecule has 3 nitrogen and oxygen atoms in total. The van der Waals surface area contributed by atoms with Gasteiger partial charge in [0.2, 0.25) is 5.91 Å². The molecule has 1 aromatic carbocycles. The van der Waals surface area contributed by atoms with Crippen molar-refractivity contribution in [3.05, 3.63) is 42.5 Å². The van der Waals surface area contributed by atoms with Crippen LogP contribution in [-0.2, 0) is 11.3 Å². The van der Waals surface area contributed by atoms with E-state index in [-0.39, 0.29) is 5.91 Å². The number of amides is 1. The minimum absolute atomic E-state index is 0.0394. The molecule has 0 saturated heterocycles. The molecule has 4 heteroatoms. The van der Waals surface area contributed by atoms with Gasteiger partial charge in [-0.05, 0) is 30.2 Å². The molecular weight excluding hydrogens is 268 g/mol. The lowest BCUT2D eigenvalue weighted by atomic mass is 10.2. The fourth-order valence-electron chi connectivity index (χ4n) is 1.59. The first kappa shape index (κ1) is 16.8. The Labute approximate surface area is 126 Å². The van der Waals surface area contributed by atoms with E-state index in [0.717, 1.165) is 18.0 Å². The van der Waals surface area contributed by atoms with Gasteiger partial charge in [-0.15, -0.1) is 18.3 Å². The van der Waals surface area contributed by atoms with Gasteiger partial charge in [-0.1, -0.05) is 32.1 Å². The zero-order valence-corrected chi connectivity index (χ0v) is 13.1. The Balaban J connectivity index is 2.31. The van der Waals surface area contributed by atoms with Gasteiger partial charge in [0.05, 0.1) is 5.75 Å². The summed E-state index contributed by atoms with van der Waals surface area (Å²) in [7, 11) is 0. The van der Waals surface area contributed by atoms with Gasteiger partial charge in [0.15, 0.2) is 0 Å². The van der Waals surface area contributed by atoms with Crippen LogP contribution >= 0.6 is 11.8 Å². The maximum atomic E-state index is 11.5. The molecule has 0 atom stereocenters. The van der Waals surface area contributed by atoms with Gasteiger partial charge < -0.3 is 10.6 Å². The zero-order valence-electron chi connectivity index (χ0n) is 12.3. The second-order valence-corrected chi connectivity index (χ2v) is 6.10. The SMILES string of the molecule is C=CCNC(=O)CSc1ccc(CNCC(C)C)cc1. The van der Waals surface area contributed by atoms with E-state index in [0.29, 0.717) is 18.2 Å². The summed E-state index contributed by atoms with van der Waals surface area (Å²) >= 11 is 1.55. The summed E-state index contributed by atoms with van der Waals surface area (Å²) < 4.78 is 0. The molecular formula is C16H24N2OS. The largest absolute Gasteiger partial charge is 0.352 e. The van der Waals surface area contributed by atoms with Crippen molar-refractivity contribution in [3.63, 3.8) is 0 Å². The van der Waals surface area contributed by atoms with E-state index in [1.165, 1.54) is 5.56 Å². The first-order valence-corrected chi connectivity index (χ1v) is 7.90. The molecule has 0 aliphatic heterocycles. The third-order valence-electron chi connectivity index (χ3n) is 2.62. The van der Waals surface area contributed by atoms with Crippen LogP contribution in [0.1, 0.15) is 19.4 Å². The summed E-state index contributed by atoms with van der Waals surface area (Å²) in [5.41, 5.74) is 1.27. The highest BCUT2D eigenvalue weighted by atomic mass is 32.2. The van der Waals surface area contributed by atoms with E-state index in [4.69, 9.17) is 0 Å². The number of benzene rings is 1. The number of rotatable bonds is 9. The fourth-order valence-corrected chi connectivity index (χ4v) is 2.32.